The van der Waals surface area contributed by atoms with Crippen LogP contribution in [0.4, 0.5) is 0 Å². The largest absolute Gasteiger partial charge is 0.316 e. The molecule has 2 N–H and O–H groups in total. The smallest absolute Gasteiger partial charge is 0.0381 e. The highest BCUT2D eigenvalue weighted by atomic mass is 14.9. The van der Waals surface area contributed by atoms with Gasteiger partial charge in [-0.05, 0) is 75.6 Å². The fraction of sp³-hybridized carbons (Fsp3) is 0.789. The second kappa shape index (κ2) is 6.66. The molecule has 0 saturated heterocycles. The van der Waals surface area contributed by atoms with E-state index in [0.29, 0.717) is 5.41 Å². The number of hydrogen-bond donors (Lipinski definition) is 2. The van der Waals surface area contributed by atoms with E-state index in [-0.39, 0.29) is 0 Å². The van der Waals surface area contributed by atoms with Gasteiger partial charge >= 0.3 is 0 Å². The Morgan fingerprint density at radius 1 is 0.714 bits per heavy atom. The Bertz CT molecular complexity index is 402. The molecular weight excluding hydrogens is 256 g/mol. The first-order chi connectivity index (χ1) is 10.3. The molecule has 3 aliphatic rings. The van der Waals surface area contributed by atoms with Gasteiger partial charge in [-0.3, -0.25) is 0 Å². The molecule has 0 aliphatic heterocycles. The Labute approximate surface area is 130 Å². The summed E-state index contributed by atoms with van der Waals surface area (Å²) in [6, 6.07) is 0. The molecule has 0 bridgehead atoms. The first kappa shape index (κ1) is 15.3. The number of nitrogens with one attached hydrogen (secondary N) is 2. The van der Waals surface area contributed by atoms with Crippen LogP contribution in [0.5, 0.6) is 0 Å². The molecule has 0 amide bonds. The molecule has 2 nitrogen and oxygen atoms in total. The Hall–Kier alpha value is -0.600. The van der Waals surface area contributed by atoms with E-state index in [2.05, 4.69) is 24.5 Å². The van der Waals surface area contributed by atoms with Crippen LogP contribution in [-0.2, 0) is 0 Å². The standard InChI is InChI=1S/C19H32N2/c1-3-20-13-19(14-21-4-2)17-11-7-5-9-15(17)16-10-6-8-12-18(16)19/h20-21H,3-14H2,1-2H3. The van der Waals surface area contributed by atoms with Gasteiger partial charge in [-0.25, -0.2) is 0 Å². The number of allylic oxidation sites excluding steroid dienone is 2. The third-order valence-corrected chi connectivity index (χ3v) is 5.81. The monoisotopic (exact) mass is 288 g/mol. The zero-order chi connectivity index (χ0) is 14.7. The summed E-state index contributed by atoms with van der Waals surface area (Å²) >= 11 is 0. The van der Waals surface area contributed by atoms with Crippen molar-refractivity contribution in [2.24, 2.45) is 5.41 Å². The molecule has 2 heteroatoms. The van der Waals surface area contributed by atoms with Gasteiger partial charge < -0.3 is 10.6 Å². The van der Waals surface area contributed by atoms with Crippen molar-refractivity contribution >= 4 is 0 Å². The highest BCUT2D eigenvalue weighted by molar-refractivity contribution is 5.56. The van der Waals surface area contributed by atoms with E-state index in [1.807, 2.05) is 11.1 Å². The van der Waals surface area contributed by atoms with Crippen LogP contribution in [0.2, 0.25) is 0 Å². The molecule has 3 rings (SSSR count). The van der Waals surface area contributed by atoms with E-state index in [4.69, 9.17) is 0 Å². The lowest BCUT2D eigenvalue weighted by Gasteiger charge is -2.38. The van der Waals surface area contributed by atoms with Crippen LogP contribution in [0.3, 0.4) is 0 Å². The van der Waals surface area contributed by atoms with Crippen molar-refractivity contribution in [3.63, 3.8) is 0 Å². The van der Waals surface area contributed by atoms with Crippen molar-refractivity contribution in [2.75, 3.05) is 26.2 Å². The molecule has 0 radical (unpaired) electrons. The van der Waals surface area contributed by atoms with Crippen LogP contribution in [0.15, 0.2) is 22.3 Å². The molecule has 0 heterocycles. The van der Waals surface area contributed by atoms with E-state index >= 15 is 0 Å². The second-order valence-electron chi connectivity index (χ2n) is 6.97. The van der Waals surface area contributed by atoms with Gasteiger partial charge in [0.25, 0.3) is 0 Å². The summed E-state index contributed by atoms with van der Waals surface area (Å²) in [5.74, 6) is 0. The van der Waals surface area contributed by atoms with E-state index in [1.165, 1.54) is 51.4 Å². The summed E-state index contributed by atoms with van der Waals surface area (Å²) in [5, 5.41) is 7.40. The lowest BCUT2D eigenvalue weighted by molar-refractivity contribution is 0.350. The van der Waals surface area contributed by atoms with E-state index < -0.39 is 0 Å². The molecule has 0 spiro atoms. The highest BCUT2D eigenvalue weighted by Gasteiger charge is 2.46. The fourth-order valence-corrected chi connectivity index (χ4v) is 4.88. The fourth-order valence-electron chi connectivity index (χ4n) is 4.88. The molecule has 0 aromatic rings. The Balaban J connectivity index is 2.00. The average molecular weight is 288 g/mol. The Morgan fingerprint density at radius 3 is 1.57 bits per heavy atom. The van der Waals surface area contributed by atoms with Crippen LogP contribution < -0.4 is 10.6 Å². The first-order valence-electron chi connectivity index (χ1n) is 9.20. The molecule has 0 saturated carbocycles. The number of fused-ring (bicyclic) bond motifs is 1. The zero-order valence-electron chi connectivity index (χ0n) is 14.0. The van der Waals surface area contributed by atoms with Crippen LogP contribution >= 0.6 is 0 Å². The SMILES string of the molecule is CCNCC1(CNCC)C2=C(CCCC2)C2=C1CCCC2. The quantitative estimate of drug-likeness (QED) is 0.773. The highest BCUT2D eigenvalue weighted by Crippen LogP contribution is 2.56. The molecule has 0 atom stereocenters. The van der Waals surface area contributed by atoms with Gasteiger partial charge in [-0.2, -0.15) is 0 Å². The molecule has 0 unspecified atom stereocenters. The average Bonchev–Trinajstić information content (AvgIpc) is 2.82. The molecular formula is C19H32N2. The molecule has 0 fully saturated rings. The maximum atomic E-state index is 3.70. The second-order valence-corrected chi connectivity index (χ2v) is 6.97. The van der Waals surface area contributed by atoms with Crippen molar-refractivity contribution in [3.05, 3.63) is 22.3 Å². The van der Waals surface area contributed by atoms with Gasteiger partial charge in [-0.1, -0.05) is 25.0 Å². The van der Waals surface area contributed by atoms with Gasteiger partial charge in [0.2, 0.25) is 0 Å². The summed E-state index contributed by atoms with van der Waals surface area (Å²) < 4.78 is 0. The lowest BCUT2D eigenvalue weighted by atomic mass is 9.71. The van der Waals surface area contributed by atoms with E-state index in [0.717, 1.165) is 26.2 Å². The minimum atomic E-state index is 0.317. The topological polar surface area (TPSA) is 24.1 Å². The molecule has 3 aliphatic carbocycles. The lowest BCUT2D eigenvalue weighted by Crippen LogP contribution is -2.44. The number of hydrogen-bond acceptors (Lipinski definition) is 2. The van der Waals surface area contributed by atoms with Crippen LogP contribution in [0.1, 0.15) is 65.2 Å². The summed E-state index contributed by atoms with van der Waals surface area (Å²) in [7, 11) is 0. The van der Waals surface area contributed by atoms with Crippen molar-refractivity contribution in [1.82, 2.24) is 10.6 Å². The van der Waals surface area contributed by atoms with E-state index in [9.17, 15) is 0 Å². The summed E-state index contributed by atoms with van der Waals surface area (Å²) in [4.78, 5) is 0. The third kappa shape index (κ3) is 2.61. The predicted octanol–water partition coefficient (Wildman–Crippen LogP) is 3.95. The number of rotatable bonds is 6. The molecule has 0 aromatic carbocycles. The third-order valence-electron chi connectivity index (χ3n) is 5.81. The zero-order valence-corrected chi connectivity index (χ0v) is 14.0. The molecule has 0 aromatic heterocycles. The van der Waals surface area contributed by atoms with E-state index in [1.54, 1.807) is 11.1 Å². The summed E-state index contributed by atoms with van der Waals surface area (Å²) in [6.07, 6.45) is 11.0. The van der Waals surface area contributed by atoms with Crippen molar-refractivity contribution in [3.8, 4) is 0 Å². The maximum Gasteiger partial charge on any atom is 0.0381 e. The Kier molecular flexibility index (Phi) is 4.85. The first-order valence-corrected chi connectivity index (χ1v) is 9.20. The van der Waals surface area contributed by atoms with Gasteiger partial charge in [0.1, 0.15) is 0 Å². The predicted molar refractivity (Wildman–Crippen MR) is 90.5 cm³/mol. The minimum absolute atomic E-state index is 0.317. The minimum Gasteiger partial charge on any atom is -0.316 e. The normalized spacial score (nSPS) is 24.3. The Morgan fingerprint density at radius 2 is 1.14 bits per heavy atom. The van der Waals surface area contributed by atoms with Gasteiger partial charge in [0.05, 0.1) is 0 Å². The van der Waals surface area contributed by atoms with Crippen molar-refractivity contribution in [1.29, 1.82) is 0 Å². The van der Waals surface area contributed by atoms with Crippen molar-refractivity contribution in [2.45, 2.75) is 65.2 Å². The molecule has 118 valence electrons. The summed E-state index contributed by atoms with van der Waals surface area (Å²) in [5.41, 5.74) is 7.56. The van der Waals surface area contributed by atoms with Crippen LogP contribution in [0.25, 0.3) is 0 Å². The van der Waals surface area contributed by atoms with Gasteiger partial charge in [0, 0.05) is 18.5 Å². The van der Waals surface area contributed by atoms with Crippen LogP contribution in [0, 0.1) is 5.41 Å². The van der Waals surface area contributed by atoms with Gasteiger partial charge in [0.15, 0.2) is 0 Å². The van der Waals surface area contributed by atoms with Crippen LogP contribution in [-0.4, -0.2) is 26.2 Å². The molecule has 21 heavy (non-hydrogen) atoms. The van der Waals surface area contributed by atoms with Gasteiger partial charge in [-0.15, -0.1) is 0 Å². The summed E-state index contributed by atoms with van der Waals surface area (Å²) in [6.45, 7) is 8.94. The van der Waals surface area contributed by atoms with Crippen molar-refractivity contribution < 1.29 is 0 Å². The maximum absolute atomic E-state index is 3.70.